The lowest BCUT2D eigenvalue weighted by molar-refractivity contribution is 0.0973. The van der Waals surface area contributed by atoms with Gasteiger partial charge in [0.25, 0.3) is 0 Å². The number of fused-ring (bicyclic) bond motifs is 1. The van der Waals surface area contributed by atoms with Crippen molar-refractivity contribution in [3.8, 4) is 27.7 Å². The van der Waals surface area contributed by atoms with Crippen LogP contribution in [-0.2, 0) is 11.3 Å². The standard InChI is InChI=1S/C27H26N8O3S/c1-37-19-9-7-17(8-10-19)32-27(36)33-18-5-2-4-16(12-18)21-23(35(15-31-21)13-20-6-3-11-38-20)26-34-22-24(28)29-14-30-25(22)39-26/h2,4-5,7-10,12,14-15,20H,3,6,11,13H2,1H3,(H2,28,29,30)(H2,32,33,36)/t20-/m0/s1. The maximum absolute atomic E-state index is 12.7. The number of rotatable bonds is 7. The Hall–Kier alpha value is -4.55. The molecule has 0 saturated carbocycles. The van der Waals surface area contributed by atoms with Crippen LogP contribution in [0.4, 0.5) is 22.0 Å². The lowest BCUT2D eigenvalue weighted by atomic mass is 10.1. The van der Waals surface area contributed by atoms with Crippen LogP contribution in [0.5, 0.6) is 5.75 Å². The lowest BCUT2D eigenvalue weighted by Crippen LogP contribution is -2.19. The highest BCUT2D eigenvalue weighted by molar-refractivity contribution is 7.21. The number of nitrogens with two attached hydrogens (primary N) is 1. The van der Waals surface area contributed by atoms with Gasteiger partial charge in [-0.05, 0) is 49.2 Å². The van der Waals surface area contributed by atoms with E-state index in [1.54, 1.807) is 31.4 Å². The number of amides is 2. The van der Waals surface area contributed by atoms with Gasteiger partial charge in [-0.2, -0.15) is 0 Å². The average molecular weight is 543 g/mol. The van der Waals surface area contributed by atoms with Crippen LogP contribution in [0.1, 0.15) is 12.8 Å². The molecule has 4 heterocycles. The van der Waals surface area contributed by atoms with Gasteiger partial charge in [0, 0.05) is 23.5 Å². The van der Waals surface area contributed by atoms with Gasteiger partial charge in [-0.15, -0.1) is 0 Å². The fourth-order valence-corrected chi connectivity index (χ4v) is 5.53. The lowest BCUT2D eigenvalue weighted by Gasteiger charge is -2.13. The first-order valence-electron chi connectivity index (χ1n) is 12.4. The molecule has 5 aromatic rings. The molecule has 0 unspecified atom stereocenters. The predicted octanol–water partition coefficient (Wildman–Crippen LogP) is 5.03. The molecule has 12 heteroatoms. The van der Waals surface area contributed by atoms with Crippen molar-refractivity contribution < 1.29 is 14.3 Å². The van der Waals surface area contributed by atoms with Gasteiger partial charge in [0.2, 0.25) is 0 Å². The van der Waals surface area contributed by atoms with Crippen LogP contribution in [0.25, 0.3) is 32.3 Å². The van der Waals surface area contributed by atoms with Crippen LogP contribution in [0.2, 0.25) is 0 Å². The van der Waals surface area contributed by atoms with E-state index < -0.39 is 0 Å². The highest BCUT2D eigenvalue weighted by Gasteiger charge is 2.24. The number of hydrogen-bond donors (Lipinski definition) is 3. The quantitative estimate of drug-likeness (QED) is 0.260. The molecule has 0 aliphatic carbocycles. The summed E-state index contributed by atoms with van der Waals surface area (Å²) in [6, 6.07) is 14.3. The molecule has 0 radical (unpaired) electrons. The van der Waals surface area contributed by atoms with E-state index in [1.165, 1.54) is 17.7 Å². The minimum absolute atomic E-state index is 0.111. The summed E-state index contributed by atoms with van der Waals surface area (Å²) < 4.78 is 13.1. The summed E-state index contributed by atoms with van der Waals surface area (Å²) in [4.78, 5) is 31.4. The van der Waals surface area contributed by atoms with E-state index in [4.69, 9.17) is 25.2 Å². The summed E-state index contributed by atoms with van der Waals surface area (Å²) in [6.45, 7) is 1.42. The van der Waals surface area contributed by atoms with Crippen molar-refractivity contribution in [3.63, 3.8) is 0 Å². The van der Waals surface area contributed by atoms with E-state index >= 15 is 0 Å². The van der Waals surface area contributed by atoms with E-state index in [0.29, 0.717) is 39.8 Å². The highest BCUT2D eigenvalue weighted by Crippen LogP contribution is 2.37. The molecule has 1 atom stereocenters. The second-order valence-electron chi connectivity index (χ2n) is 9.05. The normalized spacial score (nSPS) is 14.9. The highest BCUT2D eigenvalue weighted by atomic mass is 32.1. The minimum atomic E-state index is -0.360. The number of ether oxygens (including phenoxy) is 2. The maximum Gasteiger partial charge on any atom is 0.323 e. The van der Waals surface area contributed by atoms with Crippen LogP contribution in [0, 0.1) is 0 Å². The van der Waals surface area contributed by atoms with Gasteiger partial charge in [0.05, 0.1) is 31.8 Å². The van der Waals surface area contributed by atoms with E-state index in [9.17, 15) is 4.79 Å². The van der Waals surface area contributed by atoms with Crippen LogP contribution in [-0.4, -0.2) is 50.4 Å². The summed E-state index contributed by atoms with van der Waals surface area (Å²) in [5.74, 6) is 1.05. The van der Waals surface area contributed by atoms with Crippen molar-refractivity contribution in [2.75, 3.05) is 30.1 Å². The fourth-order valence-electron chi connectivity index (χ4n) is 4.55. The Morgan fingerprint density at radius 2 is 2.00 bits per heavy atom. The zero-order valence-electron chi connectivity index (χ0n) is 21.1. The number of imidazole rings is 1. The number of carbonyl (C=O) groups excluding carboxylic acids is 1. The third kappa shape index (κ3) is 5.24. The number of methoxy groups -OCH3 is 1. The number of nitrogen functional groups attached to an aromatic ring is 1. The van der Waals surface area contributed by atoms with Gasteiger partial charge in [-0.3, -0.25) is 0 Å². The Labute approximate surface area is 228 Å². The molecular formula is C27H26N8O3S. The Kier molecular flexibility index (Phi) is 6.78. The van der Waals surface area contributed by atoms with E-state index in [2.05, 4.69) is 25.2 Å². The first kappa shape index (κ1) is 24.8. The maximum atomic E-state index is 12.7. The van der Waals surface area contributed by atoms with E-state index in [-0.39, 0.29) is 12.1 Å². The summed E-state index contributed by atoms with van der Waals surface area (Å²) in [5.41, 5.74) is 10.3. The van der Waals surface area contributed by atoms with Crippen LogP contribution in [0.3, 0.4) is 0 Å². The van der Waals surface area contributed by atoms with E-state index in [1.807, 2.05) is 30.6 Å². The molecule has 1 fully saturated rings. The van der Waals surface area contributed by atoms with Crippen LogP contribution in [0.15, 0.2) is 61.2 Å². The van der Waals surface area contributed by atoms with Crippen molar-refractivity contribution in [2.45, 2.75) is 25.5 Å². The Morgan fingerprint density at radius 1 is 1.15 bits per heavy atom. The van der Waals surface area contributed by atoms with Crippen LogP contribution >= 0.6 is 11.3 Å². The first-order chi connectivity index (χ1) is 19.1. The fraction of sp³-hybridized carbons (Fsp3) is 0.222. The van der Waals surface area contributed by atoms with E-state index in [0.717, 1.165) is 41.4 Å². The van der Waals surface area contributed by atoms with Crippen molar-refractivity contribution >= 4 is 44.9 Å². The largest absolute Gasteiger partial charge is 0.497 e. The second kappa shape index (κ2) is 10.7. The molecule has 1 aliphatic heterocycles. The molecule has 3 aromatic heterocycles. The Bertz CT molecular complexity index is 1630. The number of benzene rings is 2. The molecule has 4 N–H and O–H groups in total. The van der Waals surface area contributed by atoms with Gasteiger partial charge in [-0.1, -0.05) is 23.5 Å². The van der Waals surface area contributed by atoms with Gasteiger partial charge in [0.1, 0.15) is 33.1 Å². The SMILES string of the molecule is COc1ccc(NC(=O)Nc2cccc(-c3ncn(C[C@@H]4CCCO4)c3-c3nc4c(N)ncnc4s3)c2)cc1. The summed E-state index contributed by atoms with van der Waals surface area (Å²) in [7, 11) is 1.60. The molecule has 11 nitrogen and oxygen atoms in total. The first-order valence-corrected chi connectivity index (χ1v) is 13.3. The van der Waals surface area contributed by atoms with Crippen molar-refractivity contribution in [3.05, 3.63) is 61.2 Å². The number of nitrogens with zero attached hydrogens (tertiary/aromatic N) is 5. The average Bonchev–Trinajstić information content (AvgIpc) is 3.70. The molecule has 1 saturated heterocycles. The monoisotopic (exact) mass is 542 g/mol. The molecule has 0 bridgehead atoms. The van der Waals surface area contributed by atoms with Crippen molar-refractivity contribution in [1.29, 1.82) is 0 Å². The molecule has 198 valence electrons. The summed E-state index contributed by atoms with van der Waals surface area (Å²) in [5, 5.41) is 6.46. The van der Waals surface area contributed by atoms with Crippen LogP contribution < -0.4 is 21.1 Å². The number of aromatic nitrogens is 5. The summed E-state index contributed by atoms with van der Waals surface area (Å²) in [6.07, 6.45) is 5.40. The molecule has 1 aliphatic rings. The smallest absolute Gasteiger partial charge is 0.323 e. The van der Waals surface area contributed by atoms with Gasteiger partial charge in [0.15, 0.2) is 5.82 Å². The predicted molar refractivity (Wildman–Crippen MR) is 151 cm³/mol. The topological polar surface area (TPSA) is 142 Å². The number of carbonyl (C=O) groups is 1. The molecule has 39 heavy (non-hydrogen) atoms. The molecule has 6 rings (SSSR count). The molecule has 2 aromatic carbocycles. The Balaban J connectivity index is 1.31. The number of nitrogens with one attached hydrogen (secondary N) is 2. The number of thiazole rings is 1. The van der Waals surface area contributed by atoms with Gasteiger partial charge < -0.3 is 30.4 Å². The zero-order valence-corrected chi connectivity index (χ0v) is 21.9. The third-order valence-corrected chi connectivity index (χ3v) is 7.40. The number of urea groups is 1. The summed E-state index contributed by atoms with van der Waals surface area (Å²) >= 11 is 1.44. The molecular weight excluding hydrogens is 516 g/mol. The minimum Gasteiger partial charge on any atom is -0.497 e. The van der Waals surface area contributed by atoms with Crippen molar-refractivity contribution in [2.24, 2.45) is 0 Å². The van der Waals surface area contributed by atoms with Gasteiger partial charge >= 0.3 is 6.03 Å². The number of hydrogen-bond acceptors (Lipinski definition) is 9. The molecule has 2 amide bonds. The molecule has 0 spiro atoms. The zero-order chi connectivity index (χ0) is 26.8. The Morgan fingerprint density at radius 3 is 2.77 bits per heavy atom. The second-order valence-corrected chi connectivity index (χ2v) is 10.0. The van der Waals surface area contributed by atoms with Gasteiger partial charge in [-0.25, -0.2) is 24.7 Å². The number of anilines is 3. The third-order valence-electron chi connectivity index (χ3n) is 6.43. The van der Waals surface area contributed by atoms with Crippen molar-refractivity contribution in [1.82, 2.24) is 24.5 Å².